The van der Waals surface area contributed by atoms with Crippen molar-refractivity contribution in [1.82, 2.24) is 29.7 Å². The molecule has 1 aliphatic rings. The molecule has 0 atom stereocenters. The molecule has 7 nitrogen and oxygen atoms in total. The molecule has 0 unspecified atom stereocenters. The number of hydrogen-bond acceptors (Lipinski definition) is 4. The van der Waals surface area contributed by atoms with E-state index in [1.807, 2.05) is 18.0 Å². The summed E-state index contributed by atoms with van der Waals surface area (Å²) in [5.41, 5.74) is 1.89. The Kier molecular flexibility index (Phi) is 4.73. The SMILES string of the molecule is CCCn1nccc1C1CCN(C(=O)c2cnnn2CC)CC1. The standard InChI is InChI=1S/C16H24N6O/c1-3-9-22-14(5-8-18-22)13-6-10-20(11-7-13)16(23)15-12-17-19-21(15)4-2/h5,8,12-13H,3-4,6-7,9-11H2,1-2H3. The Morgan fingerprint density at radius 1 is 1.26 bits per heavy atom. The van der Waals surface area contributed by atoms with E-state index < -0.39 is 0 Å². The van der Waals surface area contributed by atoms with Crippen molar-refractivity contribution >= 4 is 5.91 Å². The van der Waals surface area contributed by atoms with Crippen LogP contribution in [0.1, 0.15) is 55.2 Å². The number of piperidine rings is 1. The fraction of sp³-hybridized carbons (Fsp3) is 0.625. The number of aryl methyl sites for hydroxylation is 2. The number of carbonyl (C=O) groups is 1. The number of rotatable bonds is 5. The molecule has 0 bridgehead atoms. The Morgan fingerprint density at radius 2 is 2.04 bits per heavy atom. The van der Waals surface area contributed by atoms with Gasteiger partial charge in [-0.3, -0.25) is 9.48 Å². The number of aromatic nitrogens is 5. The number of carbonyl (C=O) groups excluding carboxylic acids is 1. The Morgan fingerprint density at radius 3 is 2.74 bits per heavy atom. The van der Waals surface area contributed by atoms with Gasteiger partial charge in [0.2, 0.25) is 0 Å². The molecule has 0 aliphatic carbocycles. The van der Waals surface area contributed by atoms with Crippen LogP contribution in [0.25, 0.3) is 0 Å². The minimum Gasteiger partial charge on any atom is -0.337 e. The lowest BCUT2D eigenvalue weighted by atomic mass is 9.93. The monoisotopic (exact) mass is 316 g/mol. The van der Waals surface area contributed by atoms with Gasteiger partial charge in [0, 0.05) is 44.0 Å². The van der Waals surface area contributed by atoms with Crippen molar-refractivity contribution in [2.24, 2.45) is 0 Å². The molecule has 124 valence electrons. The molecule has 0 aromatic carbocycles. The second-order valence-electron chi connectivity index (χ2n) is 5.98. The summed E-state index contributed by atoms with van der Waals surface area (Å²) in [6, 6.07) is 2.12. The van der Waals surface area contributed by atoms with Gasteiger partial charge in [-0.15, -0.1) is 5.10 Å². The van der Waals surface area contributed by atoms with Crippen molar-refractivity contribution < 1.29 is 4.79 Å². The van der Waals surface area contributed by atoms with Gasteiger partial charge in [0.05, 0.1) is 6.20 Å². The average Bonchev–Trinajstić information content (AvgIpc) is 3.23. The van der Waals surface area contributed by atoms with Crippen LogP contribution in [0.5, 0.6) is 0 Å². The molecule has 2 aromatic rings. The maximum atomic E-state index is 12.6. The summed E-state index contributed by atoms with van der Waals surface area (Å²) < 4.78 is 3.77. The Labute approximate surface area is 136 Å². The summed E-state index contributed by atoms with van der Waals surface area (Å²) >= 11 is 0. The van der Waals surface area contributed by atoms with Gasteiger partial charge in [-0.05, 0) is 32.3 Å². The van der Waals surface area contributed by atoms with Gasteiger partial charge in [0.25, 0.3) is 5.91 Å². The summed E-state index contributed by atoms with van der Waals surface area (Å²) in [4.78, 5) is 14.5. The molecular formula is C16H24N6O. The lowest BCUT2D eigenvalue weighted by Crippen LogP contribution is -2.39. The summed E-state index contributed by atoms with van der Waals surface area (Å²) in [6.45, 7) is 7.30. The predicted octanol–water partition coefficient (Wildman–Crippen LogP) is 1.92. The third kappa shape index (κ3) is 3.13. The van der Waals surface area contributed by atoms with Gasteiger partial charge >= 0.3 is 0 Å². The van der Waals surface area contributed by atoms with E-state index in [1.54, 1.807) is 10.9 Å². The van der Waals surface area contributed by atoms with Crippen LogP contribution in [-0.2, 0) is 13.1 Å². The summed E-state index contributed by atoms with van der Waals surface area (Å²) in [7, 11) is 0. The first-order chi connectivity index (χ1) is 11.2. The maximum absolute atomic E-state index is 12.6. The van der Waals surface area contributed by atoms with E-state index in [4.69, 9.17) is 0 Å². The Hall–Kier alpha value is -2.18. The van der Waals surface area contributed by atoms with E-state index in [9.17, 15) is 4.79 Å². The highest BCUT2D eigenvalue weighted by molar-refractivity contribution is 5.92. The zero-order valence-corrected chi connectivity index (χ0v) is 13.9. The summed E-state index contributed by atoms with van der Waals surface area (Å²) in [5, 5.41) is 12.2. The zero-order valence-electron chi connectivity index (χ0n) is 13.9. The van der Waals surface area contributed by atoms with Crippen LogP contribution < -0.4 is 0 Å². The minimum absolute atomic E-state index is 0.0392. The molecule has 3 heterocycles. The second-order valence-corrected chi connectivity index (χ2v) is 5.98. The Bertz CT molecular complexity index is 653. The summed E-state index contributed by atoms with van der Waals surface area (Å²) in [5.74, 6) is 0.527. The van der Waals surface area contributed by atoms with E-state index in [1.165, 1.54) is 5.69 Å². The molecular weight excluding hydrogens is 292 g/mol. The first kappa shape index (κ1) is 15.7. The van der Waals surface area contributed by atoms with Gasteiger partial charge in [-0.25, -0.2) is 4.68 Å². The molecule has 23 heavy (non-hydrogen) atoms. The molecule has 0 spiro atoms. The van der Waals surface area contributed by atoms with Crippen LogP contribution >= 0.6 is 0 Å². The molecule has 3 rings (SSSR count). The molecule has 1 amide bonds. The van der Waals surface area contributed by atoms with Crippen LogP contribution in [0.4, 0.5) is 0 Å². The molecule has 1 aliphatic heterocycles. The van der Waals surface area contributed by atoms with Gasteiger partial charge in [0.15, 0.2) is 0 Å². The third-order valence-electron chi connectivity index (χ3n) is 4.52. The fourth-order valence-electron chi connectivity index (χ4n) is 3.29. The minimum atomic E-state index is 0.0392. The third-order valence-corrected chi connectivity index (χ3v) is 4.52. The number of nitrogens with zero attached hydrogens (tertiary/aromatic N) is 6. The predicted molar refractivity (Wildman–Crippen MR) is 86.1 cm³/mol. The Balaban J connectivity index is 1.64. The van der Waals surface area contributed by atoms with Crippen LogP contribution in [0.2, 0.25) is 0 Å². The van der Waals surface area contributed by atoms with Crippen molar-refractivity contribution in [3.8, 4) is 0 Å². The van der Waals surface area contributed by atoms with Crippen molar-refractivity contribution in [3.63, 3.8) is 0 Å². The van der Waals surface area contributed by atoms with Gasteiger partial charge < -0.3 is 4.90 Å². The van der Waals surface area contributed by atoms with E-state index in [0.717, 1.165) is 38.9 Å². The van der Waals surface area contributed by atoms with Gasteiger partial charge in [0.1, 0.15) is 5.69 Å². The van der Waals surface area contributed by atoms with Crippen molar-refractivity contribution in [1.29, 1.82) is 0 Å². The molecule has 2 aromatic heterocycles. The molecule has 0 N–H and O–H groups in total. The molecule has 0 saturated carbocycles. The largest absolute Gasteiger partial charge is 0.337 e. The molecule has 7 heteroatoms. The topological polar surface area (TPSA) is 68.8 Å². The van der Waals surface area contributed by atoms with E-state index in [2.05, 4.69) is 33.1 Å². The maximum Gasteiger partial charge on any atom is 0.273 e. The lowest BCUT2D eigenvalue weighted by molar-refractivity contribution is 0.0698. The average molecular weight is 316 g/mol. The van der Waals surface area contributed by atoms with Gasteiger partial charge in [-0.1, -0.05) is 12.1 Å². The van der Waals surface area contributed by atoms with E-state index >= 15 is 0 Å². The van der Waals surface area contributed by atoms with Crippen molar-refractivity contribution in [3.05, 3.63) is 29.8 Å². The molecule has 1 fully saturated rings. The second kappa shape index (κ2) is 6.93. The van der Waals surface area contributed by atoms with Crippen LogP contribution in [-0.4, -0.2) is 48.7 Å². The number of hydrogen-bond donors (Lipinski definition) is 0. The highest BCUT2D eigenvalue weighted by atomic mass is 16.2. The smallest absolute Gasteiger partial charge is 0.273 e. The van der Waals surface area contributed by atoms with Crippen LogP contribution in [0.15, 0.2) is 18.5 Å². The first-order valence-electron chi connectivity index (χ1n) is 8.44. The molecule has 0 radical (unpaired) electrons. The summed E-state index contributed by atoms with van der Waals surface area (Å²) in [6.07, 6.45) is 6.49. The van der Waals surface area contributed by atoms with Crippen LogP contribution in [0, 0.1) is 0 Å². The fourth-order valence-corrected chi connectivity index (χ4v) is 3.29. The zero-order chi connectivity index (χ0) is 16.2. The molecule has 1 saturated heterocycles. The normalized spacial score (nSPS) is 16.0. The van der Waals surface area contributed by atoms with Crippen molar-refractivity contribution in [2.45, 2.75) is 52.1 Å². The number of amides is 1. The first-order valence-corrected chi connectivity index (χ1v) is 8.44. The quantitative estimate of drug-likeness (QED) is 0.845. The van der Waals surface area contributed by atoms with Crippen LogP contribution in [0.3, 0.4) is 0 Å². The van der Waals surface area contributed by atoms with Crippen molar-refractivity contribution in [2.75, 3.05) is 13.1 Å². The van der Waals surface area contributed by atoms with E-state index in [0.29, 0.717) is 18.2 Å². The number of likely N-dealkylation sites (tertiary alicyclic amines) is 1. The highest BCUT2D eigenvalue weighted by Gasteiger charge is 2.27. The van der Waals surface area contributed by atoms with E-state index in [-0.39, 0.29) is 5.91 Å². The highest BCUT2D eigenvalue weighted by Crippen LogP contribution is 2.28. The van der Waals surface area contributed by atoms with Gasteiger partial charge in [-0.2, -0.15) is 5.10 Å². The lowest BCUT2D eigenvalue weighted by Gasteiger charge is -2.32.